The van der Waals surface area contributed by atoms with Gasteiger partial charge in [-0.1, -0.05) is 26.2 Å². The Morgan fingerprint density at radius 3 is 1.82 bits per heavy atom. The second-order valence-corrected chi connectivity index (χ2v) is 6.07. The number of unbranched alkanes of at least 4 members (excludes halogenated alkanes) is 6. The molecule has 0 atom stereocenters. The summed E-state index contributed by atoms with van der Waals surface area (Å²) in [7, 11) is 0. The van der Waals surface area contributed by atoms with E-state index in [2.05, 4.69) is 0 Å². The van der Waals surface area contributed by atoms with E-state index in [9.17, 15) is 35.1 Å². The molecule has 0 aromatic carbocycles. The molecule has 0 bridgehead atoms. The number of rotatable bonds is 16. The van der Waals surface area contributed by atoms with Crippen molar-refractivity contribution in [3.05, 3.63) is 65.7 Å². The van der Waals surface area contributed by atoms with Gasteiger partial charge in [0.1, 0.15) is 6.42 Å². The minimum Gasteiger partial charge on any atom is -0.291 e. The van der Waals surface area contributed by atoms with Gasteiger partial charge in [-0.25, -0.2) is 0 Å². The van der Waals surface area contributed by atoms with Gasteiger partial charge in [-0.05, 0) is 43.9 Å². The molecule has 10 heteroatoms. The first-order chi connectivity index (χ1) is 13.3. The van der Waals surface area contributed by atoms with E-state index >= 15 is 0 Å². The lowest BCUT2D eigenvalue weighted by Crippen LogP contribution is -2.06. The summed E-state index contributed by atoms with van der Waals surface area (Å²) in [4.78, 5) is 41.2. The van der Waals surface area contributed by atoms with Gasteiger partial charge in [0, 0.05) is 12.8 Å². The molecule has 155 valence electrons. The van der Waals surface area contributed by atoms with Crippen molar-refractivity contribution in [1.29, 1.82) is 0 Å². The molecule has 0 amide bonds. The summed E-state index contributed by atoms with van der Waals surface area (Å²) in [6.07, 6.45) is 10.3. The molecule has 0 spiro atoms. The van der Waals surface area contributed by atoms with Crippen LogP contribution in [0.15, 0.2) is 35.3 Å². The smallest absolute Gasteiger partial charge is 0.253 e. The van der Waals surface area contributed by atoms with E-state index in [4.69, 9.17) is 0 Å². The van der Waals surface area contributed by atoms with Gasteiger partial charge in [-0.2, -0.15) is 0 Å². The van der Waals surface area contributed by atoms with Gasteiger partial charge in [0.25, 0.3) is 11.4 Å². The maximum atomic E-state index is 11.2. The van der Waals surface area contributed by atoms with E-state index in [1.165, 1.54) is 18.2 Å². The first-order valence-corrected chi connectivity index (χ1v) is 9.18. The Kier molecular flexibility index (Phi) is 13.6. The molecule has 0 fully saturated rings. The highest BCUT2D eigenvalue weighted by Crippen LogP contribution is 2.16. The van der Waals surface area contributed by atoms with Crippen LogP contribution in [-0.2, 0) is 4.79 Å². The molecular formula is C18H26N3O7. The number of hydrogen-bond acceptors (Lipinski definition) is 7. The molecule has 0 rings (SSSR count). The third-order valence-corrected chi connectivity index (χ3v) is 4.00. The van der Waals surface area contributed by atoms with Crippen molar-refractivity contribution in [3.63, 3.8) is 0 Å². The monoisotopic (exact) mass is 396 g/mol. The average Bonchev–Trinajstić information content (AvgIpc) is 2.63. The zero-order valence-corrected chi connectivity index (χ0v) is 16.0. The van der Waals surface area contributed by atoms with Crippen LogP contribution in [0.5, 0.6) is 0 Å². The highest BCUT2D eigenvalue weighted by Gasteiger charge is 2.21. The Morgan fingerprint density at radius 1 is 0.786 bits per heavy atom. The van der Waals surface area contributed by atoms with Crippen molar-refractivity contribution in [2.45, 2.75) is 71.1 Å². The van der Waals surface area contributed by atoms with Crippen molar-refractivity contribution in [2.75, 3.05) is 0 Å². The zero-order chi connectivity index (χ0) is 21.4. The number of carbonyl (C=O) groups excluding carboxylic acids is 1. The predicted molar refractivity (Wildman–Crippen MR) is 103 cm³/mol. The van der Waals surface area contributed by atoms with Gasteiger partial charge in [-0.15, -0.1) is 0 Å². The lowest BCUT2D eigenvalue weighted by Gasteiger charge is -2.00. The fourth-order valence-electron chi connectivity index (χ4n) is 2.43. The van der Waals surface area contributed by atoms with Crippen LogP contribution in [0.1, 0.15) is 71.1 Å². The van der Waals surface area contributed by atoms with Crippen molar-refractivity contribution in [2.24, 2.45) is 0 Å². The maximum Gasteiger partial charge on any atom is 0.253 e. The lowest BCUT2D eigenvalue weighted by molar-refractivity contribution is -0.450. The van der Waals surface area contributed by atoms with Crippen LogP contribution in [0.25, 0.3) is 0 Å². The Bertz CT molecular complexity index is 639. The molecule has 0 heterocycles. The van der Waals surface area contributed by atoms with Crippen LogP contribution in [0, 0.1) is 30.3 Å². The molecule has 10 nitrogen and oxygen atoms in total. The largest absolute Gasteiger partial charge is 0.291 e. The first kappa shape index (κ1) is 25.1. The zero-order valence-electron chi connectivity index (χ0n) is 16.0. The second-order valence-electron chi connectivity index (χ2n) is 6.07. The van der Waals surface area contributed by atoms with E-state index in [1.54, 1.807) is 6.92 Å². The van der Waals surface area contributed by atoms with E-state index in [0.717, 1.165) is 25.7 Å². The standard InChI is InChI=1S/C18H26N3O7/c1-2-16(19(23)24)12-10-13-18(21(27)28)15-17(20(25)26)11-8-6-4-3-5-7-9-14-22/h11-13H,2-10,15H2,1H3/b16-12+,17-11+,18-13+. The Hall–Kier alpha value is -2.91. The summed E-state index contributed by atoms with van der Waals surface area (Å²) in [6.45, 7) is 1.60. The summed E-state index contributed by atoms with van der Waals surface area (Å²) >= 11 is 0. The van der Waals surface area contributed by atoms with Crippen molar-refractivity contribution < 1.29 is 19.6 Å². The molecular weight excluding hydrogens is 370 g/mol. The summed E-state index contributed by atoms with van der Waals surface area (Å²) in [5.74, 6) is 0. The second kappa shape index (κ2) is 15.2. The van der Waals surface area contributed by atoms with Crippen LogP contribution in [0.3, 0.4) is 0 Å². The number of nitro groups is 3. The lowest BCUT2D eigenvalue weighted by atomic mass is 10.1. The van der Waals surface area contributed by atoms with Crippen LogP contribution < -0.4 is 0 Å². The fourth-order valence-corrected chi connectivity index (χ4v) is 2.43. The van der Waals surface area contributed by atoms with Gasteiger partial charge in [0.05, 0.1) is 14.8 Å². The highest BCUT2D eigenvalue weighted by atomic mass is 16.6. The molecule has 0 N–H and O–H groups in total. The van der Waals surface area contributed by atoms with Gasteiger partial charge < -0.3 is 0 Å². The van der Waals surface area contributed by atoms with Crippen molar-refractivity contribution >= 4 is 6.29 Å². The average molecular weight is 396 g/mol. The number of hydrogen-bond donors (Lipinski definition) is 0. The van der Waals surface area contributed by atoms with Crippen LogP contribution in [-0.4, -0.2) is 21.1 Å². The quantitative estimate of drug-likeness (QED) is 0.212. The SMILES string of the molecule is CC/C(=C\C/C=C(\C/C(=C\CCCCCCC[C]=O)[N+](=O)[O-])[N+](=O)[O-])[N+](=O)[O-]. The normalized spacial score (nSPS) is 12.7. The summed E-state index contributed by atoms with van der Waals surface area (Å²) in [5.41, 5.74) is -0.675. The van der Waals surface area contributed by atoms with E-state index < -0.39 is 21.2 Å². The fraction of sp³-hybridized carbons (Fsp3) is 0.611. The van der Waals surface area contributed by atoms with Gasteiger partial charge in [0.2, 0.25) is 5.70 Å². The first-order valence-electron chi connectivity index (χ1n) is 9.18. The maximum absolute atomic E-state index is 11.2. The van der Waals surface area contributed by atoms with E-state index in [-0.39, 0.29) is 29.9 Å². The van der Waals surface area contributed by atoms with Gasteiger partial charge >= 0.3 is 0 Å². The molecule has 0 aromatic rings. The molecule has 0 aliphatic heterocycles. The Morgan fingerprint density at radius 2 is 1.29 bits per heavy atom. The third kappa shape index (κ3) is 11.7. The Labute approximate surface area is 163 Å². The number of allylic oxidation sites excluding steroid dienone is 4. The predicted octanol–water partition coefficient (Wildman–Crippen LogP) is 4.50. The van der Waals surface area contributed by atoms with Crippen LogP contribution in [0.4, 0.5) is 0 Å². The van der Waals surface area contributed by atoms with Crippen molar-refractivity contribution in [1.82, 2.24) is 0 Å². The van der Waals surface area contributed by atoms with Crippen LogP contribution in [0.2, 0.25) is 0 Å². The summed E-state index contributed by atoms with van der Waals surface area (Å²) in [5, 5.41) is 33.0. The highest BCUT2D eigenvalue weighted by molar-refractivity contribution is 5.50. The van der Waals surface area contributed by atoms with E-state index in [0.29, 0.717) is 19.3 Å². The molecule has 28 heavy (non-hydrogen) atoms. The van der Waals surface area contributed by atoms with Crippen molar-refractivity contribution in [3.8, 4) is 0 Å². The summed E-state index contributed by atoms with van der Waals surface area (Å²) in [6, 6.07) is 0. The minimum atomic E-state index is -0.701. The molecule has 1 radical (unpaired) electrons. The van der Waals surface area contributed by atoms with Crippen LogP contribution >= 0.6 is 0 Å². The van der Waals surface area contributed by atoms with Gasteiger partial charge in [-0.3, -0.25) is 35.1 Å². The molecule has 0 saturated heterocycles. The number of nitrogens with zero attached hydrogens (tertiary/aromatic N) is 3. The Balaban J connectivity index is 4.79. The summed E-state index contributed by atoms with van der Waals surface area (Å²) < 4.78 is 0. The molecule has 0 aliphatic carbocycles. The van der Waals surface area contributed by atoms with Gasteiger partial charge in [0.15, 0.2) is 6.29 Å². The molecule has 0 aliphatic rings. The topological polar surface area (TPSA) is 146 Å². The molecule has 0 aromatic heterocycles. The van der Waals surface area contributed by atoms with E-state index in [1.807, 2.05) is 6.29 Å². The third-order valence-electron chi connectivity index (χ3n) is 4.00. The minimum absolute atomic E-state index is 0.0380. The molecule has 0 saturated carbocycles. The molecule has 0 unspecified atom stereocenters.